The van der Waals surface area contributed by atoms with Crippen molar-refractivity contribution in [1.29, 1.82) is 0 Å². The number of amides is 1. The van der Waals surface area contributed by atoms with Crippen molar-refractivity contribution in [2.75, 3.05) is 38.0 Å². The molecule has 1 fully saturated rings. The van der Waals surface area contributed by atoms with E-state index in [-0.39, 0.29) is 11.7 Å². The van der Waals surface area contributed by atoms with Crippen LogP contribution in [0.5, 0.6) is 0 Å². The van der Waals surface area contributed by atoms with Crippen LogP contribution >= 0.6 is 0 Å². The van der Waals surface area contributed by atoms with Gasteiger partial charge in [0, 0.05) is 57.3 Å². The van der Waals surface area contributed by atoms with E-state index in [9.17, 15) is 9.18 Å². The van der Waals surface area contributed by atoms with Gasteiger partial charge in [-0.25, -0.2) is 4.39 Å². The molecule has 134 valence electrons. The smallest absolute Gasteiger partial charge is 0.226 e. The molecule has 7 heteroatoms. The first-order valence-corrected chi connectivity index (χ1v) is 8.51. The summed E-state index contributed by atoms with van der Waals surface area (Å²) >= 11 is 0. The normalized spacial score (nSPS) is 16.1. The van der Waals surface area contributed by atoms with Gasteiger partial charge in [-0.05, 0) is 13.0 Å². The summed E-state index contributed by atoms with van der Waals surface area (Å²) in [5, 5.41) is 6.48. The molecule has 1 aliphatic rings. The molecule has 0 saturated carbocycles. The summed E-state index contributed by atoms with van der Waals surface area (Å²) in [7, 11) is 0. The summed E-state index contributed by atoms with van der Waals surface area (Å²) in [6.45, 7) is 6.62. The highest BCUT2D eigenvalue weighted by Gasteiger charge is 2.18. The van der Waals surface area contributed by atoms with Gasteiger partial charge in [-0.3, -0.25) is 9.69 Å². The molecular weight excluding hydrogens is 323 g/mol. The van der Waals surface area contributed by atoms with Gasteiger partial charge in [0.15, 0.2) is 5.82 Å². The fraction of sp³-hybridized carbons (Fsp3) is 0.444. The number of aryl methyl sites for hydroxylation is 1. The van der Waals surface area contributed by atoms with Crippen LogP contribution in [0.15, 0.2) is 34.9 Å². The Balaban J connectivity index is 1.37. The lowest BCUT2D eigenvalue weighted by Crippen LogP contribution is -2.46. The van der Waals surface area contributed by atoms with Crippen molar-refractivity contribution < 1.29 is 13.7 Å². The minimum atomic E-state index is -0.148. The predicted molar refractivity (Wildman–Crippen MR) is 92.6 cm³/mol. The molecule has 0 unspecified atom stereocenters. The SMILES string of the molecule is Cc1cc(NC(=O)CCN2CCN(Cc3ccccc3F)CC2)no1. The molecule has 1 saturated heterocycles. The number of carbonyl (C=O) groups excluding carboxylic acids is 1. The third-order valence-corrected chi connectivity index (χ3v) is 4.37. The van der Waals surface area contributed by atoms with Crippen molar-refractivity contribution in [1.82, 2.24) is 15.0 Å². The second-order valence-electron chi connectivity index (χ2n) is 6.33. The van der Waals surface area contributed by atoms with Crippen LogP contribution in [0.1, 0.15) is 17.7 Å². The largest absolute Gasteiger partial charge is 0.360 e. The van der Waals surface area contributed by atoms with E-state index < -0.39 is 0 Å². The number of rotatable bonds is 6. The highest BCUT2D eigenvalue weighted by Crippen LogP contribution is 2.12. The van der Waals surface area contributed by atoms with E-state index >= 15 is 0 Å². The van der Waals surface area contributed by atoms with Crippen LogP contribution in [0.3, 0.4) is 0 Å². The molecule has 0 aliphatic carbocycles. The van der Waals surface area contributed by atoms with Gasteiger partial charge in [0.05, 0.1) is 0 Å². The molecule has 2 aromatic rings. The fourth-order valence-corrected chi connectivity index (χ4v) is 2.93. The number of carbonyl (C=O) groups is 1. The van der Waals surface area contributed by atoms with Crippen LogP contribution in [-0.4, -0.2) is 53.6 Å². The molecule has 1 aliphatic heterocycles. The van der Waals surface area contributed by atoms with Crippen molar-refractivity contribution in [3.05, 3.63) is 47.5 Å². The fourth-order valence-electron chi connectivity index (χ4n) is 2.93. The van der Waals surface area contributed by atoms with Crippen molar-refractivity contribution in [2.24, 2.45) is 0 Å². The molecule has 1 aromatic carbocycles. The Labute approximate surface area is 146 Å². The van der Waals surface area contributed by atoms with Gasteiger partial charge < -0.3 is 14.7 Å². The molecule has 25 heavy (non-hydrogen) atoms. The predicted octanol–water partition coefficient (Wildman–Crippen LogP) is 2.27. The van der Waals surface area contributed by atoms with E-state index in [1.807, 2.05) is 12.1 Å². The average Bonchev–Trinajstić information content (AvgIpc) is 3.01. The highest BCUT2D eigenvalue weighted by atomic mass is 19.1. The lowest BCUT2D eigenvalue weighted by Gasteiger charge is -2.34. The average molecular weight is 346 g/mol. The van der Waals surface area contributed by atoms with E-state index in [2.05, 4.69) is 20.3 Å². The Morgan fingerprint density at radius 1 is 1.24 bits per heavy atom. The van der Waals surface area contributed by atoms with Crippen LogP contribution in [0.25, 0.3) is 0 Å². The van der Waals surface area contributed by atoms with Gasteiger partial charge in [0.2, 0.25) is 5.91 Å². The Morgan fingerprint density at radius 2 is 1.96 bits per heavy atom. The van der Waals surface area contributed by atoms with E-state index in [0.29, 0.717) is 31.1 Å². The number of aromatic nitrogens is 1. The van der Waals surface area contributed by atoms with Crippen LogP contribution in [-0.2, 0) is 11.3 Å². The van der Waals surface area contributed by atoms with E-state index in [4.69, 9.17) is 4.52 Å². The monoisotopic (exact) mass is 346 g/mol. The van der Waals surface area contributed by atoms with Crippen molar-refractivity contribution >= 4 is 11.7 Å². The number of piperazine rings is 1. The van der Waals surface area contributed by atoms with Crippen LogP contribution in [0.2, 0.25) is 0 Å². The maximum Gasteiger partial charge on any atom is 0.226 e. The minimum Gasteiger partial charge on any atom is -0.360 e. The van der Waals surface area contributed by atoms with Crippen molar-refractivity contribution in [3.8, 4) is 0 Å². The molecule has 2 heterocycles. The topological polar surface area (TPSA) is 61.6 Å². The summed E-state index contributed by atoms with van der Waals surface area (Å²) in [6.07, 6.45) is 0.416. The van der Waals surface area contributed by atoms with E-state index in [1.54, 1.807) is 19.1 Å². The molecule has 1 amide bonds. The number of halogens is 1. The number of nitrogens with zero attached hydrogens (tertiary/aromatic N) is 3. The number of nitrogens with one attached hydrogen (secondary N) is 1. The van der Waals surface area contributed by atoms with Gasteiger partial charge in [0.1, 0.15) is 11.6 Å². The van der Waals surface area contributed by atoms with Crippen LogP contribution in [0, 0.1) is 12.7 Å². The number of benzene rings is 1. The van der Waals surface area contributed by atoms with E-state index in [1.165, 1.54) is 6.07 Å². The number of anilines is 1. The number of hydrogen-bond acceptors (Lipinski definition) is 5. The highest BCUT2D eigenvalue weighted by molar-refractivity contribution is 5.89. The summed E-state index contributed by atoms with van der Waals surface area (Å²) in [4.78, 5) is 16.4. The molecule has 6 nitrogen and oxygen atoms in total. The third kappa shape index (κ3) is 5.11. The molecule has 0 bridgehead atoms. The molecule has 0 radical (unpaired) electrons. The zero-order valence-corrected chi connectivity index (χ0v) is 14.4. The van der Waals surface area contributed by atoms with Gasteiger partial charge >= 0.3 is 0 Å². The van der Waals surface area contributed by atoms with Gasteiger partial charge in [-0.2, -0.15) is 0 Å². The number of hydrogen-bond donors (Lipinski definition) is 1. The first kappa shape index (κ1) is 17.6. The Kier molecular flexibility index (Phi) is 5.78. The second-order valence-corrected chi connectivity index (χ2v) is 6.33. The Morgan fingerprint density at radius 3 is 2.64 bits per heavy atom. The zero-order chi connectivity index (χ0) is 17.6. The van der Waals surface area contributed by atoms with Crippen molar-refractivity contribution in [2.45, 2.75) is 19.9 Å². The lowest BCUT2D eigenvalue weighted by atomic mass is 10.2. The van der Waals surface area contributed by atoms with Crippen LogP contribution < -0.4 is 5.32 Å². The maximum atomic E-state index is 13.7. The first-order valence-electron chi connectivity index (χ1n) is 8.51. The summed E-state index contributed by atoms with van der Waals surface area (Å²) < 4.78 is 18.6. The molecule has 3 rings (SSSR count). The molecule has 1 N–H and O–H groups in total. The lowest BCUT2D eigenvalue weighted by molar-refractivity contribution is -0.116. The second kappa shape index (κ2) is 8.22. The molecule has 0 atom stereocenters. The van der Waals surface area contributed by atoms with Gasteiger partial charge in [0.25, 0.3) is 0 Å². The third-order valence-electron chi connectivity index (χ3n) is 4.37. The molecule has 0 spiro atoms. The zero-order valence-electron chi connectivity index (χ0n) is 14.4. The summed E-state index contributed by atoms with van der Waals surface area (Å²) in [6, 6.07) is 8.60. The van der Waals surface area contributed by atoms with E-state index in [0.717, 1.165) is 31.7 Å². The quantitative estimate of drug-likeness (QED) is 0.869. The minimum absolute atomic E-state index is 0.0675. The molecule has 1 aromatic heterocycles. The summed E-state index contributed by atoms with van der Waals surface area (Å²) in [5.41, 5.74) is 0.734. The maximum absolute atomic E-state index is 13.7. The van der Waals surface area contributed by atoms with Crippen LogP contribution in [0.4, 0.5) is 10.2 Å². The Hall–Kier alpha value is -2.25. The standard InChI is InChI=1S/C18H23FN4O2/c1-14-12-17(21-25-14)20-18(24)6-7-22-8-10-23(11-9-22)13-15-4-2-3-5-16(15)19/h2-5,12H,6-11,13H2,1H3,(H,20,21,24). The van der Waals surface area contributed by atoms with Gasteiger partial charge in [-0.15, -0.1) is 0 Å². The van der Waals surface area contributed by atoms with Crippen molar-refractivity contribution in [3.63, 3.8) is 0 Å². The first-order chi connectivity index (χ1) is 12.1. The summed E-state index contributed by atoms with van der Waals surface area (Å²) in [5.74, 6) is 0.908. The Bertz CT molecular complexity index is 711. The molecular formula is C18H23FN4O2. The van der Waals surface area contributed by atoms with Gasteiger partial charge in [-0.1, -0.05) is 23.4 Å².